The number of fused-ring (bicyclic) bond motifs is 9. The van der Waals surface area contributed by atoms with Gasteiger partial charge in [0.05, 0.1) is 12.5 Å². The quantitative estimate of drug-likeness (QED) is 0.464. The lowest BCUT2D eigenvalue weighted by Gasteiger charge is -2.38. The molecule has 0 heterocycles. The van der Waals surface area contributed by atoms with Crippen molar-refractivity contribution in [2.24, 2.45) is 41.4 Å². The molecule has 8 atom stereocenters. The summed E-state index contributed by atoms with van der Waals surface area (Å²) < 4.78 is 5.88. The van der Waals surface area contributed by atoms with Gasteiger partial charge in [0, 0.05) is 0 Å². The molecule has 5 aliphatic carbocycles. The molecule has 5 rings (SSSR count). The van der Waals surface area contributed by atoms with Crippen molar-refractivity contribution in [2.75, 3.05) is 0 Å². The maximum Gasteiger partial charge on any atom is 0.308 e. The largest absolute Gasteiger partial charge is 0.459 e. The Bertz CT molecular complexity index is 576. The third kappa shape index (κ3) is 2.44. The molecular weight excluding hydrogens is 312 g/mol. The normalized spacial score (nSPS) is 46.6. The van der Waals surface area contributed by atoms with E-state index in [0.717, 1.165) is 68.1 Å². The third-order valence-corrected chi connectivity index (χ3v) is 8.68. The third-order valence-electron chi connectivity index (χ3n) is 8.68. The fraction of sp³-hybridized carbons (Fsp3) is 0.864. The van der Waals surface area contributed by atoms with Gasteiger partial charge in [0.15, 0.2) is 0 Å². The van der Waals surface area contributed by atoms with Gasteiger partial charge < -0.3 is 9.84 Å². The fourth-order valence-electron chi connectivity index (χ4n) is 7.66. The number of carbonyl (C=O) groups excluding carboxylic acids is 1. The Hall–Kier alpha value is -0.830. The zero-order valence-electron chi connectivity index (χ0n) is 15.4. The minimum atomic E-state index is -0.498. The van der Waals surface area contributed by atoms with E-state index in [0.29, 0.717) is 11.8 Å². The second kappa shape index (κ2) is 5.84. The molecule has 0 saturated heterocycles. The lowest BCUT2D eigenvalue weighted by Crippen LogP contribution is -2.38. The summed E-state index contributed by atoms with van der Waals surface area (Å²) in [5.41, 5.74) is -0.230. The minimum Gasteiger partial charge on any atom is -0.459 e. The molecule has 4 bridgehead atoms. The highest BCUT2D eigenvalue weighted by Gasteiger charge is 2.61. The van der Waals surface area contributed by atoms with E-state index in [1.165, 1.54) is 12.8 Å². The Balaban J connectivity index is 1.22. The SMILES string of the molecule is CCC1(OC(=O)CC(O)C2CC3CC2C2C4C=CC(C4)C32)CCCC1. The smallest absolute Gasteiger partial charge is 0.308 e. The second-order valence-corrected chi connectivity index (χ2v) is 9.65. The summed E-state index contributed by atoms with van der Waals surface area (Å²) in [4.78, 5) is 12.5. The first-order valence-corrected chi connectivity index (χ1v) is 10.7. The van der Waals surface area contributed by atoms with Crippen molar-refractivity contribution in [3.8, 4) is 0 Å². The number of aliphatic hydroxyl groups excluding tert-OH is 1. The van der Waals surface area contributed by atoms with Crippen LogP contribution < -0.4 is 0 Å². The molecule has 0 aromatic heterocycles. The molecular formula is C22H32O3. The fourth-order valence-corrected chi connectivity index (χ4v) is 7.66. The summed E-state index contributed by atoms with van der Waals surface area (Å²) in [6, 6.07) is 0. The van der Waals surface area contributed by atoms with Crippen molar-refractivity contribution in [3.05, 3.63) is 12.2 Å². The van der Waals surface area contributed by atoms with E-state index in [2.05, 4.69) is 19.1 Å². The van der Waals surface area contributed by atoms with Gasteiger partial charge in [-0.25, -0.2) is 0 Å². The van der Waals surface area contributed by atoms with E-state index in [-0.39, 0.29) is 18.0 Å². The molecule has 4 saturated carbocycles. The topological polar surface area (TPSA) is 46.5 Å². The summed E-state index contributed by atoms with van der Waals surface area (Å²) in [5.74, 6) is 4.86. The molecule has 25 heavy (non-hydrogen) atoms. The molecule has 138 valence electrons. The lowest BCUT2D eigenvalue weighted by molar-refractivity contribution is -0.163. The van der Waals surface area contributed by atoms with Crippen molar-refractivity contribution in [3.63, 3.8) is 0 Å². The van der Waals surface area contributed by atoms with Gasteiger partial charge in [0.2, 0.25) is 0 Å². The highest BCUT2D eigenvalue weighted by Crippen LogP contribution is 2.67. The predicted octanol–water partition coefficient (Wildman–Crippen LogP) is 4.10. The Morgan fingerprint density at radius 3 is 2.60 bits per heavy atom. The monoisotopic (exact) mass is 344 g/mol. The molecule has 3 heteroatoms. The number of allylic oxidation sites excluding steroid dienone is 2. The van der Waals surface area contributed by atoms with Gasteiger partial charge in [-0.1, -0.05) is 19.1 Å². The summed E-state index contributed by atoms with van der Waals surface area (Å²) in [5, 5.41) is 10.8. The number of hydrogen-bond acceptors (Lipinski definition) is 3. The van der Waals surface area contributed by atoms with Gasteiger partial charge in [0.25, 0.3) is 0 Å². The zero-order chi connectivity index (χ0) is 17.2. The molecule has 1 N–H and O–H groups in total. The lowest BCUT2D eigenvalue weighted by atomic mass is 9.68. The van der Waals surface area contributed by atoms with Gasteiger partial charge in [-0.15, -0.1) is 0 Å². The number of rotatable bonds is 5. The first kappa shape index (κ1) is 16.4. The van der Waals surface area contributed by atoms with E-state index >= 15 is 0 Å². The summed E-state index contributed by atoms with van der Waals surface area (Å²) >= 11 is 0. The average molecular weight is 344 g/mol. The summed E-state index contributed by atoms with van der Waals surface area (Å²) in [6.45, 7) is 2.12. The molecule has 5 aliphatic rings. The molecule has 0 amide bonds. The molecule has 0 radical (unpaired) electrons. The van der Waals surface area contributed by atoms with Crippen LogP contribution in [0.25, 0.3) is 0 Å². The van der Waals surface area contributed by atoms with Crippen LogP contribution in [0.2, 0.25) is 0 Å². The van der Waals surface area contributed by atoms with Crippen molar-refractivity contribution in [1.29, 1.82) is 0 Å². The van der Waals surface area contributed by atoms with Gasteiger partial charge >= 0.3 is 5.97 Å². The van der Waals surface area contributed by atoms with Crippen molar-refractivity contribution < 1.29 is 14.6 Å². The van der Waals surface area contributed by atoms with E-state index in [9.17, 15) is 9.90 Å². The molecule has 4 fully saturated rings. The first-order chi connectivity index (χ1) is 12.1. The number of hydrogen-bond donors (Lipinski definition) is 1. The minimum absolute atomic E-state index is 0.164. The van der Waals surface area contributed by atoms with Crippen LogP contribution in [0.15, 0.2) is 12.2 Å². The number of ether oxygens (including phenoxy) is 1. The standard InChI is InChI=1S/C22H32O3/c1-2-22(7-3-4-8-22)25-19(24)12-18(23)16-10-15-11-17(16)21-14-6-5-13(9-14)20(15)21/h5-6,13-18,20-21,23H,2-4,7-12H2,1H3. The maximum atomic E-state index is 12.5. The Labute approximate surface area is 151 Å². The van der Waals surface area contributed by atoms with Crippen LogP contribution in [0.4, 0.5) is 0 Å². The molecule has 0 spiro atoms. The summed E-state index contributed by atoms with van der Waals surface area (Å²) in [6.07, 6.45) is 13.6. The Morgan fingerprint density at radius 1 is 1.16 bits per heavy atom. The molecule has 0 aromatic rings. The van der Waals surface area contributed by atoms with Crippen LogP contribution in [0.1, 0.15) is 64.7 Å². The first-order valence-electron chi connectivity index (χ1n) is 10.7. The highest BCUT2D eigenvalue weighted by molar-refractivity contribution is 5.70. The second-order valence-electron chi connectivity index (χ2n) is 9.65. The van der Waals surface area contributed by atoms with Crippen LogP contribution in [-0.2, 0) is 9.53 Å². The van der Waals surface area contributed by atoms with Gasteiger partial charge in [-0.2, -0.15) is 0 Å². The van der Waals surface area contributed by atoms with Crippen LogP contribution in [0, 0.1) is 41.4 Å². The number of aliphatic hydroxyl groups is 1. The van der Waals surface area contributed by atoms with Gasteiger partial charge in [-0.05, 0) is 92.8 Å². The van der Waals surface area contributed by atoms with E-state index < -0.39 is 6.10 Å². The molecule has 3 nitrogen and oxygen atoms in total. The average Bonchev–Trinajstić information content (AvgIpc) is 3.37. The number of esters is 1. The van der Waals surface area contributed by atoms with E-state index in [4.69, 9.17) is 4.74 Å². The van der Waals surface area contributed by atoms with E-state index in [1.54, 1.807) is 0 Å². The van der Waals surface area contributed by atoms with Crippen molar-refractivity contribution in [1.82, 2.24) is 0 Å². The van der Waals surface area contributed by atoms with Gasteiger partial charge in [0.1, 0.15) is 5.60 Å². The number of carbonyl (C=O) groups is 1. The molecule has 0 aromatic carbocycles. The molecule has 0 aliphatic heterocycles. The highest BCUT2D eigenvalue weighted by atomic mass is 16.6. The van der Waals surface area contributed by atoms with E-state index in [1.807, 2.05) is 0 Å². The Morgan fingerprint density at radius 2 is 1.88 bits per heavy atom. The van der Waals surface area contributed by atoms with Crippen LogP contribution in [0.5, 0.6) is 0 Å². The van der Waals surface area contributed by atoms with Crippen molar-refractivity contribution in [2.45, 2.75) is 76.4 Å². The Kier molecular flexibility index (Phi) is 3.82. The molecule has 8 unspecified atom stereocenters. The van der Waals surface area contributed by atoms with Crippen LogP contribution in [-0.4, -0.2) is 22.8 Å². The van der Waals surface area contributed by atoms with Crippen molar-refractivity contribution >= 4 is 5.97 Å². The summed E-state index contributed by atoms with van der Waals surface area (Å²) in [7, 11) is 0. The predicted molar refractivity (Wildman–Crippen MR) is 95.6 cm³/mol. The van der Waals surface area contributed by atoms with Crippen LogP contribution >= 0.6 is 0 Å². The maximum absolute atomic E-state index is 12.5. The van der Waals surface area contributed by atoms with Crippen LogP contribution in [0.3, 0.4) is 0 Å². The van der Waals surface area contributed by atoms with Gasteiger partial charge in [-0.3, -0.25) is 4.79 Å². The zero-order valence-corrected chi connectivity index (χ0v) is 15.4.